The lowest BCUT2D eigenvalue weighted by molar-refractivity contribution is 0.0947. The fourth-order valence-electron chi connectivity index (χ4n) is 4.26. The number of carbonyl (C=O) groups excluding carboxylic acids is 1. The molecule has 1 fully saturated rings. The van der Waals surface area contributed by atoms with Gasteiger partial charge in [0.15, 0.2) is 5.69 Å². The topological polar surface area (TPSA) is 150 Å². The fourth-order valence-corrected chi connectivity index (χ4v) is 4.47. The minimum absolute atomic E-state index is 0.0517. The lowest BCUT2D eigenvalue weighted by Gasteiger charge is -2.30. The van der Waals surface area contributed by atoms with Gasteiger partial charge in [-0.1, -0.05) is 48.0 Å². The Morgan fingerprint density at radius 1 is 1.23 bits per heavy atom. The molecule has 1 aliphatic heterocycles. The van der Waals surface area contributed by atoms with E-state index >= 15 is 0 Å². The van der Waals surface area contributed by atoms with Crippen molar-refractivity contribution in [2.24, 2.45) is 11.0 Å². The molecular weight excluding hydrogens is 522 g/mol. The van der Waals surface area contributed by atoms with Gasteiger partial charge in [-0.05, 0) is 77.6 Å². The Morgan fingerprint density at radius 3 is 2.82 bits per heavy atom. The fraction of sp³-hybridized carbons (Fsp3) is 0.308. The summed E-state index contributed by atoms with van der Waals surface area (Å²) in [6, 6.07) is 14.8. The minimum atomic E-state index is -0.513. The highest BCUT2D eigenvalue weighted by Gasteiger charge is 2.26. The van der Waals surface area contributed by atoms with Crippen LogP contribution in [0.4, 0.5) is 5.82 Å². The number of anilines is 1. The van der Waals surface area contributed by atoms with Crippen LogP contribution in [0.2, 0.25) is 5.02 Å². The van der Waals surface area contributed by atoms with E-state index in [4.69, 9.17) is 26.7 Å². The SMILES string of the molecule is CC1CCN(Cc2c(C(=O)NN=Cc3cccc(OCc4cccc(Cl)c4)c3)nnn2-c2nonc2N)CC1. The maximum Gasteiger partial charge on any atom is 0.293 e. The molecule has 0 spiro atoms. The summed E-state index contributed by atoms with van der Waals surface area (Å²) in [6.07, 6.45) is 3.67. The van der Waals surface area contributed by atoms with Crippen LogP contribution in [0.1, 0.15) is 47.1 Å². The predicted octanol–water partition coefficient (Wildman–Crippen LogP) is 3.46. The second-order valence-electron chi connectivity index (χ2n) is 9.42. The second-order valence-corrected chi connectivity index (χ2v) is 9.85. The van der Waals surface area contributed by atoms with Crippen molar-refractivity contribution in [3.05, 3.63) is 76.1 Å². The van der Waals surface area contributed by atoms with Crippen molar-refractivity contribution in [1.82, 2.24) is 35.6 Å². The number of hydrazone groups is 1. The zero-order chi connectivity index (χ0) is 27.2. The molecule has 3 N–H and O–H groups in total. The number of ether oxygens (including phenoxy) is 1. The first-order valence-electron chi connectivity index (χ1n) is 12.5. The Morgan fingerprint density at radius 2 is 2.05 bits per heavy atom. The molecule has 4 aromatic rings. The molecule has 0 saturated carbocycles. The Labute approximate surface area is 229 Å². The predicted molar refractivity (Wildman–Crippen MR) is 145 cm³/mol. The van der Waals surface area contributed by atoms with Gasteiger partial charge in [-0.2, -0.15) is 9.78 Å². The number of benzene rings is 2. The smallest absolute Gasteiger partial charge is 0.293 e. The monoisotopic (exact) mass is 549 g/mol. The first-order chi connectivity index (χ1) is 19.0. The van der Waals surface area contributed by atoms with Crippen LogP contribution in [0.5, 0.6) is 5.75 Å². The summed E-state index contributed by atoms with van der Waals surface area (Å²) in [7, 11) is 0. The summed E-state index contributed by atoms with van der Waals surface area (Å²) in [6.45, 7) is 4.84. The molecule has 0 radical (unpaired) electrons. The van der Waals surface area contributed by atoms with Crippen LogP contribution in [0, 0.1) is 5.92 Å². The number of likely N-dealkylation sites (tertiary alicyclic amines) is 1. The minimum Gasteiger partial charge on any atom is -0.489 e. The first-order valence-corrected chi connectivity index (χ1v) is 12.9. The average Bonchev–Trinajstić information content (AvgIpc) is 3.54. The standard InChI is InChI=1S/C26H28ClN9O3/c1-17-8-10-35(11-9-17)15-22-23(30-34-36(22)25-24(28)32-39-33-25)26(37)31-29-14-18-4-3-7-21(13-18)38-16-19-5-2-6-20(27)12-19/h2-7,12-14,17H,8-11,15-16H2,1H3,(H2,28,32)(H,31,37). The van der Waals surface area contributed by atoms with Crippen LogP contribution in [-0.2, 0) is 13.2 Å². The van der Waals surface area contributed by atoms with E-state index in [2.05, 4.69) is 43.0 Å². The van der Waals surface area contributed by atoms with Crippen LogP contribution in [-0.4, -0.2) is 55.4 Å². The molecule has 1 saturated heterocycles. The normalized spacial score (nSPS) is 14.6. The molecule has 13 heteroatoms. The number of hydrogen-bond donors (Lipinski definition) is 2. The summed E-state index contributed by atoms with van der Waals surface area (Å²) < 4.78 is 12.0. The largest absolute Gasteiger partial charge is 0.489 e. The van der Waals surface area contributed by atoms with Crippen molar-refractivity contribution in [3.8, 4) is 11.6 Å². The number of carbonyl (C=O) groups is 1. The summed E-state index contributed by atoms with van der Waals surface area (Å²) in [5, 5.41) is 20.4. The number of nitrogen functional groups attached to an aromatic ring is 1. The maximum atomic E-state index is 13.1. The van der Waals surface area contributed by atoms with Gasteiger partial charge >= 0.3 is 0 Å². The zero-order valence-corrected chi connectivity index (χ0v) is 22.1. The van der Waals surface area contributed by atoms with Gasteiger partial charge in [0.25, 0.3) is 5.91 Å². The van der Waals surface area contributed by atoms with E-state index in [1.807, 2.05) is 48.5 Å². The van der Waals surface area contributed by atoms with Gasteiger partial charge in [0.05, 0.1) is 11.9 Å². The van der Waals surface area contributed by atoms with Gasteiger partial charge in [0.2, 0.25) is 11.6 Å². The molecule has 12 nitrogen and oxygen atoms in total. The number of halogens is 1. The van der Waals surface area contributed by atoms with Gasteiger partial charge in [-0.3, -0.25) is 9.69 Å². The van der Waals surface area contributed by atoms with Crippen LogP contribution in [0.25, 0.3) is 5.82 Å². The van der Waals surface area contributed by atoms with Gasteiger partial charge in [-0.25, -0.2) is 10.1 Å². The molecule has 1 aliphatic rings. The van der Waals surface area contributed by atoms with Crippen LogP contribution >= 0.6 is 11.6 Å². The van der Waals surface area contributed by atoms with Gasteiger partial charge < -0.3 is 10.5 Å². The molecule has 39 heavy (non-hydrogen) atoms. The third-order valence-electron chi connectivity index (χ3n) is 6.46. The van der Waals surface area contributed by atoms with Crippen molar-refractivity contribution < 1.29 is 14.2 Å². The van der Waals surface area contributed by atoms with Crippen LogP contribution in [0.15, 0.2) is 58.3 Å². The van der Waals surface area contributed by atoms with E-state index in [0.717, 1.165) is 37.1 Å². The molecule has 2 aromatic carbocycles. The van der Waals surface area contributed by atoms with Crippen molar-refractivity contribution in [2.45, 2.75) is 32.9 Å². The van der Waals surface area contributed by atoms with Crippen molar-refractivity contribution in [3.63, 3.8) is 0 Å². The highest BCUT2D eigenvalue weighted by atomic mass is 35.5. The molecule has 5 rings (SSSR count). The van der Waals surface area contributed by atoms with E-state index < -0.39 is 5.91 Å². The average molecular weight is 550 g/mol. The number of nitrogens with two attached hydrogens (primary N) is 1. The molecule has 1 amide bonds. The quantitative estimate of drug-likeness (QED) is 0.236. The van der Waals surface area contributed by atoms with Gasteiger partial charge in [0, 0.05) is 11.6 Å². The molecule has 0 atom stereocenters. The van der Waals surface area contributed by atoms with E-state index in [1.165, 1.54) is 10.9 Å². The number of amides is 1. The lowest BCUT2D eigenvalue weighted by Crippen LogP contribution is -2.34. The van der Waals surface area contributed by atoms with Crippen molar-refractivity contribution in [2.75, 3.05) is 18.8 Å². The number of nitrogens with zero attached hydrogens (tertiary/aromatic N) is 7. The van der Waals surface area contributed by atoms with E-state index in [9.17, 15) is 4.79 Å². The third kappa shape index (κ3) is 6.59. The Balaban J connectivity index is 1.27. The molecular formula is C26H28ClN9O3. The second kappa shape index (κ2) is 12.0. The van der Waals surface area contributed by atoms with Crippen LogP contribution < -0.4 is 15.9 Å². The molecule has 2 aromatic heterocycles. The number of rotatable bonds is 9. The van der Waals surface area contributed by atoms with Gasteiger partial charge in [0.1, 0.15) is 12.4 Å². The van der Waals surface area contributed by atoms with E-state index in [1.54, 1.807) is 0 Å². The summed E-state index contributed by atoms with van der Waals surface area (Å²) in [5.74, 6) is 1.04. The highest BCUT2D eigenvalue weighted by Crippen LogP contribution is 2.22. The van der Waals surface area contributed by atoms with E-state index in [-0.39, 0.29) is 17.3 Å². The summed E-state index contributed by atoms with van der Waals surface area (Å²) in [4.78, 5) is 15.3. The Bertz CT molecular complexity index is 1460. The third-order valence-corrected chi connectivity index (χ3v) is 6.69. The number of aromatic nitrogens is 5. The molecule has 0 bridgehead atoms. The van der Waals surface area contributed by atoms with E-state index in [0.29, 0.717) is 35.5 Å². The molecule has 0 unspecified atom stereocenters. The van der Waals surface area contributed by atoms with Crippen molar-refractivity contribution >= 4 is 29.5 Å². The number of hydrogen-bond acceptors (Lipinski definition) is 10. The summed E-state index contributed by atoms with van der Waals surface area (Å²) in [5.41, 5.74) is 10.8. The molecule has 202 valence electrons. The lowest BCUT2D eigenvalue weighted by atomic mass is 9.99. The zero-order valence-electron chi connectivity index (χ0n) is 21.3. The molecule has 0 aliphatic carbocycles. The van der Waals surface area contributed by atoms with Gasteiger partial charge in [-0.15, -0.1) is 5.10 Å². The molecule has 3 heterocycles. The maximum absolute atomic E-state index is 13.1. The Hall–Kier alpha value is -4.29. The first kappa shape index (κ1) is 26.3. The van der Waals surface area contributed by atoms with Crippen LogP contribution in [0.3, 0.4) is 0 Å². The van der Waals surface area contributed by atoms with Crippen molar-refractivity contribution in [1.29, 1.82) is 0 Å². The number of piperidine rings is 1. The highest BCUT2D eigenvalue weighted by molar-refractivity contribution is 6.30. The Kier molecular flexibility index (Phi) is 8.13. The summed E-state index contributed by atoms with van der Waals surface area (Å²) >= 11 is 6.04. The number of nitrogens with one attached hydrogen (secondary N) is 1.